The standard InChI is InChI=1S/C14H12BrN11/c1-2-3-4-8-7-24(21-16-8)10-6-12-11(5-9(10)15)25-13(17-19-22-25)14-18-20-23-26(12)14/h5-7H,2-4H2,1H3. The molecule has 0 unspecified atom stereocenters. The predicted octanol–water partition coefficient (Wildman–Crippen LogP) is 1.40. The van der Waals surface area contributed by atoms with Gasteiger partial charge in [0.05, 0.1) is 28.6 Å². The van der Waals surface area contributed by atoms with Gasteiger partial charge in [-0.3, -0.25) is 0 Å². The third-order valence-electron chi connectivity index (χ3n) is 4.21. The number of rotatable bonds is 4. The first-order chi connectivity index (χ1) is 12.8. The summed E-state index contributed by atoms with van der Waals surface area (Å²) < 4.78 is 5.81. The average Bonchev–Trinajstić information content (AvgIpc) is 3.38. The summed E-state index contributed by atoms with van der Waals surface area (Å²) in [5, 5.41) is 32.1. The van der Waals surface area contributed by atoms with Crippen LogP contribution < -0.4 is 0 Å². The molecule has 11 nitrogen and oxygen atoms in total. The van der Waals surface area contributed by atoms with Gasteiger partial charge >= 0.3 is 0 Å². The minimum absolute atomic E-state index is 0.484. The number of nitrogens with zero attached hydrogens (tertiary/aromatic N) is 11. The highest BCUT2D eigenvalue weighted by atomic mass is 79.9. The Morgan fingerprint density at radius 2 is 1.62 bits per heavy atom. The highest BCUT2D eigenvalue weighted by Crippen LogP contribution is 2.28. The van der Waals surface area contributed by atoms with Crippen molar-refractivity contribution in [2.45, 2.75) is 26.2 Å². The summed E-state index contributed by atoms with van der Waals surface area (Å²) in [7, 11) is 0. The van der Waals surface area contributed by atoms with E-state index in [0.29, 0.717) is 11.3 Å². The molecule has 0 spiro atoms. The zero-order chi connectivity index (χ0) is 17.7. The van der Waals surface area contributed by atoms with Crippen molar-refractivity contribution in [3.63, 3.8) is 0 Å². The summed E-state index contributed by atoms with van der Waals surface area (Å²) in [5.41, 5.74) is 4.29. The molecule has 0 aliphatic carbocycles. The van der Waals surface area contributed by atoms with Gasteiger partial charge in [0.15, 0.2) is 0 Å². The topological polar surface area (TPSA) is 117 Å². The molecule has 0 aliphatic rings. The Labute approximate surface area is 154 Å². The summed E-state index contributed by atoms with van der Waals surface area (Å²) in [4.78, 5) is 0. The Bertz CT molecular complexity index is 1250. The van der Waals surface area contributed by atoms with E-state index in [4.69, 9.17) is 0 Å². The van der Waals surface area contributed by atoms with Crippen molar-refractivity contribution in [1.82, 2.24) is 55.1 Å². The number of unbranched alkanes of at least 4 members (excludes halogenated alkanes) is 1. The number of tetrazole rings is 2. The minimum Gasteiger partial charge on any atom is -0.219 e. The van der Waals surface area contributed by atoms with Crippen LogP contribution in [0.2, 0.25) is 0 Å². The molecule has 5 aromatic rings. The predicted molar refractivity (Wildman–Crippen MR) is 93.9 cm³/mol. The van der Waals surface area contributed by atoms with Gasteiger partial charge in [0, 0.05) is 4.47 Å². The van der Waals surface area contributed by atoms with Crippen molar-refractivity contribution in [3.05, 3.63) is 28.5 Å². The van der Waals surface area contributed by atoms with E-state index in [2.05, 4.69) is 64.2 Å². The Morgan fingerprint density at radius 3 is 2.31 bits per heavy atom. The normalized spacial score (nSPS) is 11.9. The second-order valence-corrected chi connectivity index (χ2v) is 6.73. The van der Waals surface area contributed by atoms with Crippen LogP contribution >= 0.6 is 15.9 Å². The Balaban J connectivity index is 1.76. The second-order valence-electron chi connectivity index (χ2n) is 5.88. The van der Waals surface area contributed by atoms with Crippen LogP contribution in [0, 0.1) is 0 Å². The molecule has 0 bridgehead atoms. The minimum atomic E-state index is 0.484. The fourth-order valence-electron chi connectivity index (χ4n) is 2.92. The van der Waals surface area contributed by atoms with E-state index in [-0.39, 0.29) is 0 Å². The van der Waals surface area contributed by atoms with Gasteiger partial charge in [-0.2, -0.15) is 9.03 Å². The van der Waals surface area contributed by atoms with Crippen LogP contribution in [0.3, 0.4) is 0 Å². The molecule has 1 aromatic carbocycles. The van der Waals surface area contributed by atoms with Crippen molar-refractivity contribution in [2.24, 2.45) is 0 Å². The van der Waals surface area contributed by atoms with Gasteiger partial charge in [-0.05, 0) is 61.8 Å². The lowest BCUT2D eigenvalue weighted by atomic mass is 10.2. The molecule has 0 saturated carbocycles. The average molecular weight is 414 g/mol. The third-order valence-corrected chi connectivity index (χ3v) is 4.85. The van der Waals surface area contributed by atoms with Crippen molar-refractivity contribution in [1.29, 1.82) is 0 Å². The zero-order valence-electron chi connectivity index (χ0n) is 13.7. The zero-order valence-corrected chi connectivity index (χ0v) is 15.2. The van der Waals surface area contributed by atoms with Gasteiger partial charge in [0.1, 0.15) is 0 Å². The van der Waals surface area contributed by atoms with Crippen molar-refractivity contribution >= 4 is 38.3 Å². The molecule has 26 heavy (non-hydrogen) atoms. The number of halogens is 1. The first kappa shape index (κ1) is 15.3. The number of aromatic nitrogens is 11. The van der Waals surface area contributed by atoms with Crippen LogP contribution in [-0.4, -0.2) is 55.1 Å². The summed E-state index contributed by atoms with van der Waals surface area (Å²) in [6, 6.07) is 3.85. The first-order valence-corrected chi connectivity index (χ1v) is 8.88. The number of fused-ring (bicyclic) bond motifs is 6. The van der Waals surface area contributed by atoms with Gasteiger partial charge < -0.3 is 0 Å². The molecular weight excluding hydrogens is 402 g/mol. The lowest BCUT2D eigenvalue weighted by Crippen LogP contribution is -2.03. The van der Waals surface area contributed by atoms with Gasteiger partial charge in [0.2, 0.25) is 11.3 Å². The van der Waals surface area contributed by atoms with E-state index >= 15 is 0 Å². The van der Waals surface area contributed by atoms with Crippen LogP contribution in [0.4, 0.5) is 0 Å². The van der Waals surface area contributed by atoms with Crippen LogP contribution in [-0.2, 0) is 6.42 Å². The third kappa shape index (κ3) is 2.18. The van der Waals surface area contributed by atoms with Crippen LogP contribution in [0.15, 0.2) is 22.8 Å². The summed E-state index contributed by atoms with van der Waals surface area (Å²) in [6.07, 6.45) is 5.05. The van der Waals surface area contributed by atoms with Crippen LogP contribution in [0.1, 0.15) is 25.5 Å². The summed E-state index contributed by atoms with van der Waals surface area (Å²) >= 11 is 3.61. The molecular formula is C14H12BrN11. The van der Waals surface area contributed by atoms with Crippen molar-refractivity contribution in [2.75, 3.05) is 0 Å². The lowest BCUT2D eigenvalue weighted by Gasteiger charge is -2.08. The second kappa shape index (κ2) is 5.76. The number of aryl methyl sites for hydroxylation is 1. The van der Waals surface area contributed by atoms with E-state index < -0.39 is 0 Å². The Hall–Kier alpha value is -3.02. The molecule has 4 heterocycles. The van der Waals surface area contributed by atoms with E-state index in [1.165, 1.54) is 0 Å². The van der Waals surface area contributed by atoms with Crippen LogP contribution in [0.25, 0.3) is 28.0 Å². The SMILES string of the molecule is CCCCc1cn(-c2cc3c(cc2Br)n2nnnc2c2nnnn32)nn1. The van der Waals surface area contributed by atoms with Gasteiger partial charge in [0.25, 0.3) is 0 Å². The molecule has 4 aromatic heterocycles. The van der Waals surface area contributed by atoms with Gasteiger partial charge in [-0.1, -0.05) is 18.6 Å². The Morgan fingerprint density at radius 1 is 0.923 bits per heavy atom. The number of hydrogen-bond donors (Lipinski definition) is 0. The molecule has 0 amide bonds. The van der Waals surface area contributed by atoms with Gasteiger partial charge in [-0.15, -0.1) is 15.3 Å². The molecule has 0 aliphatic heterocycles. The lowest BCUT2D eigenvalue weighted by molar-refractivity contribution is 0.760. The maximum atomic E-state index is 4.26. The Kier molecular flexibility index (Phi) is 3.38. The van der Waals surface area contributed by atoms with Gasteiger partial charge in [-0.25, -0.2) is 4.68 Å². The molecule has 0 radical (unpaired) electrons. The van der Waals surface area contributed by atoms with E-state index in [1.54, 1.807) is 13.7 Å². The highest BCUT2D eigenvalue weighted by molar-refractivity contribution is 9.10. The fourth-order valence-corrected chi connectivity index (χ4v) is 3.43. The van der Waals surface area contributed by atoms with E-state index in [1.807, 2.05) is 18.3 Å². The summed E-state index contributed by atoms with van der Waals surface area (Å²) in [5.74, 6) is 0. The van der Waals surface area contributed by atoms with Crippen molar-refractivity contribution in [3.8, 4) is 5.69 Å². The molecule has 0 N–H and O–H groups in total. The van der Waals surface area contributed by atoms with Crippen LogP contribution in [0.5, 0.6) is 0 Å². The maximum absolute atomic E-state index is 4.26. The molecule has 0 atom stereocenters. The molecule has 0 saturated heterocycles. The quantitative estimate of drug-likeness (QED) is 0.433. The molecule has 0 fully saturated rings. The maximum Gasteiger partial charge on any atom is 0.226 e. The van der Waals surface area contributed by atoms with E-state index in [9.17, 15) is 0 Å². The highest BCUT2D eigenvalue weighted by Gasteiger charge is 2.17. The fraction of sp³-hybridized carbons (Fsp3) is 0.286. The molecule has 130 valence electrons. The largest absolute Gasteiger partial charge is 0.226 e. The number of benzene rings is 1. The smallest absolute Gasteiger partial charge is 0.219 e. The van der Waals surface area contributed by atoms with E-state index in [0.717, 1.165) is 46.1 Å². The molecule has 5 rings (SSSR count). The monoisotopic (exact) mass is 413 g/mol. The van der Waals surface area contributed by atoms with Crippen molar-refractivity contribution < 1.29 is 0 Å². The first-order valence-electron chi connectivity index (χ1n) is 8.09. The summed E-state index contributed by atoms with van der Waals surface area (Å²) in [6.45, 7) is 2.15. The number of hydrogen-bond acceptors (Lipinski definition) is 8. The molecule has 12 heteroatoms.